The minimum Gasteiger partial charge on any atom is -0.309 e. The molecule has 0 saturated carbocycles. The van der Waals surface area contributed by atoms with Crippen LogP contribution in [0.5, 0.6) is 0 Å². The maximum absolute atomic E-state index is 13.8. The minimum absolute atomic E-state index is 0.0773. The molecule has 2 aromatic carbocycles. The largest absolute Gasteiger partial charge is 0.309 e. The highest BCUT2D eigenvalue weighted by Crippen LogP contribution is 2.25. The number of nitrogens with one attached hydrogen (secondary N) is 1. The summed E-state index contributed by atoms with van der Waals surface area (Å²) in [5.74, 6) is -0.187. The van der Waals surface area contributed by atoms with Gasteiger partial charge in [0, 0.05) is 12.4 Å². The molecule has 0 fully saturated rings. The number of aromatic nitrogens is 2. The van der Waals surface area contributed by atoms with Crippen LogP contribution in [0, 0.1) is 12.7 Å². The smallest absolute Gasteiger partial charge is 0.126 e. The van der Waals surface area contributed by atoms with E-state index in [4.69, 9.17) is 0 Å². The molecule has 21 heavy (non-hydrogen) atoms. The van der Waals surface area contributed by atoms with Crippen LogP contribution < -0.4 is 5.32 Å². The predicted molar refractivity (Wildman–Crippen MR) is 81.6 cm³/mol. The molecule has 1 aromatic heterocycles. The van der Waals surface area contributed by atoms with Crippen LogP contribution >= 0.6 is 0 Å². The molecule has 106 valence electrons. The van der Waals surface area contributed by atoms with E-state index in [1.165, 1.54) is 0 Å². The minimum atomic E-state index is -0.187. The summed E-state index contributed by atoms with van der Waals surface area (Å²) < 4.78 is 13.8. The van der Waals surface area contributed by atoms with Gasteiger partial charge in [-0.05, 0) is 48.9 Å². The summed E-state index contributed by atoms with van der Waals surface area (Å²) in [6.45, 7) is 1.76. The molecule has 1 unspecified atom stereocenters. The van der Waals surface area contributed by atoms with E-state index in [1.54, 1.807) is 31.5 Å². The van der Waals surface area contributed by atoms with Crippen LogP contribution in [0.15, 0.2) is 48.8 Å². The van der Waals surface area contributed by atoms with E-state index >= 15 is 0 Å². The van der Waals surface area contributed by atoms with Gasteiger partial charge in [-0.25, -0.2) is 4.39 Å². The van der Waals surface area contributed by atoms with Gasteiger partial charge in [0.25, 0.3) is 0 Å². The summed E-state index contributed by atoms with van der Waals surface area (Å²) in [4.78, 5) is 8.58. The second kappa shape index (κ2) is 5.58. The fraction of sp³-hybridized carbons (Fsp3) is 0.176. The van der Waals surface area contributed by atoms with Gasteiger partial charge in [-0.2, -0.15) is 0 Å². The molecule has 0 saturated heterocycles. The zero-order valence-corrected chi connectivity index (χ0v) is 12.0. The van der Waals surface area contributed by atoms with Gasteiger partial charge >= 0.3 is 0 Å². The molecule has 0 aliphatic carbocycles. The topological polar surface area (TPSA) is 37.8 Å². The Balaban J connectivity index is 2.06. The second-order valence-corrected chi connectivity index (χ2v) is 5.03. The summed E-state index contributed by atoms with van der Waals surface area (Å²) in [7, 11) is 1.86. The number of rotatable bonds is 3. The first-order valence-electron chi connectivity index (χ1n) is 6.83. The van der Waals surface area contributed by atoms with Gasteiger partial charge in [-0.1, -0.05) is 18.2 Å². The third kappa shape index (κ3) is 2.62. The molecule has 1 heterocycles. The Bertz CT molecular complexity index is 786. The maximum atomic E-state index is 13.8. The molecule has 1 atom stereocenters. The average Bonchev–Trinajstić information content (AvgIpc) is 2.51. The van der Waals surface area contributed by atoms with Crippen molar-refractivity contribution >= 4 is 11.0 Å². The van der Waals surface area contributed by atoms with Crippen molar-refractivity contribution in [2.24, 2.45) is 0 Å². The molecule has 0 amide bonds. The average molecular weight is 281 g/mol. The van der Waals surface area contributed by atoms with Crippen molar-refractivity contribution < 1.29 is 4.39 Å². The molecule has 0 aliphatic rings. The number of hydrogen-bond acceptors (Lipinski definition) is 3. The molecule has 1 N–H and O–H groups in total. The fourth-order valence-corrected chi connectivity index (χ4v) is 2.47. The molecular formula is C17H16FN3. The zero-order chi connectivity index (χ0) is 14.8. The fourth-order valence-electron chi connectivity index (χ4n) is 2.47. The lowest BCUT2D eigenvalue weighted by atomic mass is 9.97. The van der Waals surface area contributed by atoms with Crippen LogP contribution in [0.1, 0.15) is 22.7 Å². The Kier molecular flexibility index (Phi) is 3.62. The summed E-state index contributed by atoms with van der Waals surface area (Å²) in [6, 6.07) is 11.2. The number of hydrogen-bond donors (Lipinski definition) is 1. The summed E-state index contributed by atoms with van der Waals surface area (Å²) in [6.07, 6.45) is 3.35. The first kappa shape index (κ1) is 13.6. The first-order valence-corrected chi connectivity index (χ1v) is 6.83. The van der Waals surface area contributed by atoms with Crippen molar-refractivity contribution in [3.05, 3.63) is 71.3 Å². The van der Waals surface area contributed by atoms with E-state index in [1.807, 2.05) is 31.3 Å². The monoisotopic (exact) mass is 281 g/mol. The van der Waals surface area contributed by atoms with Crippen LogP contribution in [0.2, 0.25) is 0 Å². The standard InChI is InChI=1S/C17H16FN3/c1-11-3-4-12(9-14(11)18)17(19-2)13-5-6-15-16(10-13)21-8-7-20-15/h3-10,17,19H,1-2H3. The van der Waals surface area contributed by atoms with Crippen molar-refractivity contribution in [3.8, 4) is 0 Å². The Morgan fingerprint density at radius 3 is 2.33 bits per heavy atom. The van der Waals surface area contributed by atoms with Crippen molar-refractivity contribution in [3.63, 3.8) is 0 Å². The highest BCUT2D eigenvalue weighted by atomic mass is 19.1. The number of benzene rings is 2. The van der Waals surface area contributed by atoms with Crippen LogP contribution in [-0.4, -0.2) is 17.0 Å². The van der Waals surface area contributed by atoms with E-state index < -0.39 is 0 Å². The number of fused-ring (bicyclic) bond motifs is 1. The predicted octanol–water partition coefficient (Wildman–Crippen LogP) is 3.39. The van der Waals surface area contributed by atoms with Gasteiger partial charge in [0.2, 0.25) is 0 Å². The summed E-state index contributed by atoms with van der Waals surface area (Å²) >= 11 is 0. The van der Waals surface area contributed by atoms with Gasteiger partial charge in [0.1, 0.15) is 5.82 Å². The van der Waals surface area contributed by atoms with Gasteiger partial charge < -0.3 is 5.32 Å². The normalized spacial score (nSPS) is 12.5. The second-order valence-electron chi connectivity index (χ2n) is 5.03. The van der Waals surface area contributed by atoms with Crippen LogP contribution in [-0.2, 0) is 0 Å². The Morgan fingerprint density at radius 2 is 1.62 bits per heavy atom. The van der Waals surface area contributed by atoms with Gasteiger partial charge in [0.05, 0.1) is 17.1 Å². The van der Waals surface area contributed by atoms with E-state index in [0.29, 0.717) is 5.56 Å². The number of aryl methyl sites for hydroxylation is 1. The van der Waals surface area contributed by atoms with Crippen LogP contribution in [0.3, 0.4) is 0 Å². The Labute approximate surface area is 122 Å². The molecule has 0 bridgehead atoms. The van der Waals surface area contributed by atoms with E-state index in [0.717, 1.165) is 22.2 Å². The lowest BCUT2D eigenvalue weighted by Crippen LogP contribution is -2.18. The molecule has 3 aromatic rings. The highest BCUT2D eigenvalue weighted by molar-refractivity contribution is 5.74. The SMILES string of the molecule is CNC(c1ccc(C)c(F)c1)c1ccc2nccnc2c1. The highest BCUT2D eigenvalue weighted by Gasteiger charge is 2.14. The van der Waals surface area contributed by atoms with Gasteiger partial charge in [-0.3, -0.25) is 9.97 Å². The molecule has 0 radical (unpaired) electrons. The van der Waals surface area contributed by atoms with Crippen molar-refractivity contribution in [1.29, 1.82) is 0 Å². The van der Waals surface area contributed by atoms with E-state index in [9.17, 15) is 4.39 Å². The Hall–Kier alpha value is -2.33. The molecule has 4 heteroatoms. The van der Waals surface area contributed by atoms with Crippen molar-refractivity contribution in [1.82, 2.24) is 15.3 Å². The van der Waals surface area contributed by atoms with Gasteiger partial charge in [-0.15, -0.1) is 0 Å². The third-order valence-electron chi connectivity index (χ3n) is 3.64. The summed E-state index contributed by atoms with van der Waals surface area (Å²) in [5.41, 5.74) is 4.27. The van der Waals surface area contributed by atoms with E-state index in [2.05, 4.69) is 15.3 Å². The molecule has 0 spiro atoms. The quantitative estimate of drug-likeness (QED) is 0.799. The van der Waals surface area contributed by atoms with Crippen LogP contribution in [0.4, 0.5) is 4.39 Å². The lowest BCUT2D eigenvalue weighted by molar-refractivity contribution is 0.608. The Morgan fingerprint density at radius 1 is 0.952 bits per heavy atom. The first-order chi connectivity index (χ1) is 10.2. The molecule has 3 nitrogen and oxygen atoms in total. The van der Waals surface area contributed by atoms with Crippen molar-refractivity contribution in [2.75, 3.05) is 7.05 Å². The molecule has 3 rings (SSSR count). The third-order valence-corrected chi connectivity index (χ3v) is 3.64. The zero-order valence-electron chi connectivity index (χ0n) is 12.0. The lowest BCUT2D eigenvalue weighted by Gasteiger charge is -2.18. The molecule has 0 aliphatic heterocycles. The maximum Gasteiger partial charge on any atom is 0.126 e. The number of halogens is 1. The van der Waals surface area contributed by atoms with Crippen LogP contribution in [0.25, 0.3) is 11.0 Å². The van der Waals surface area contributed by atoms with Gasteiger partial charge in [0.15, 0.2) is 0 Å². The van der Waals surface area contributed by atoms with Crippen molar-refractivity contribution in [2.45, 2.75) is 13.0 Å². The molecular weight excluding hydrogens is 265 g/mol. The number of nitrogens with zero attached hydrogens (tertiary/aromatic N) is 2. The summed E-state index contributed by atoms with van der Waals surface area (Å²) in [5, 5.41) is 3.23. The van der Waals surface area contributed by atoms with E-state index in [-0.39, 0.29) is 11.9 Å².